The molecule has 1 saturated heterocycles. The van der Waals surface area contributed by atoms with Crippen LogP contribution >= 0.6 is 0 Å². The summed E-state index contributed by atoms with van der Waals surface area (Å²) in [7, 11) is 0. The Morgan fingerprint density at radius 2 is 2.16 bits per heavy atom. The lowest BCUT2D eigenvalue weighted by Gasteiger charge is -2.34. The summed E-state index contributed by atoms with van der Waals surface area (Å²) in [4.78, 5) is 10.7. The molecule has 25 heavy (non-hydrogen) atoms. The summed E-state index contributed by atoms with van der Waals surface area (Å²) in [6.45, 7) is 4.36. The number of nitrogens with zero attached hydrogens (tertiary/aromatic N) is 3. The molecule has 0 aliphatic carbocycles. The highest BCUT2D eigenvalue weighted by molar-refractivity contribution is 5.62. The van der Waals surface area contributed by atoms with Crippen LogP contribution in [0.1, 0.15) is 17.7 Å². The maximum atomic E-state index is 5.94. The first-order valence-corrected chi connectivity index (χ1v) is 8.87. The van der Waals surface area contributed by atoms with Crippen LogP contribution in [-0.4, -0.2) is 53.8 Å². The van der Waals surface area contributed by atoms with Crippen LogP contribution in [0.2, 0.25) is 0 Å². The molecule has 2 aromatic rings. The second-order valence-corrected chi connectivity index (χ2v) is 6.60. The molecule has 2 aliphatic heterocycles. The molecule has 0 radical (unpaired) electrons. The van der Waals surface area contributed by atoms with E-state index < -0.39 is 0 Å². The highest BCUT2D eigenvalue weighted by Gasteiger charge is 2.22. The van der Waals surface area contributed by atoms with E-state index in [1.165, 1.54) is 11.1 Å². The number of aromatic nitrogens is 2. The van der Waals surface area contributed by atoms with Gasteiger partial charge in [0.05, 0.1) is 12.7 Å². The van der Waals surface area contributed by atoms with Crippen molar-refractivity contribution < 1.29 is 9.47 Å². The van der Waals surface area contributed by atoms with Crippen molar-refractivity contribution >= 4 is 6.08 Å². The molecule has 0 N–H and O–H groups in total. The van der Waals surface area contributed by atoms with E-state index in [9.17, 15) is 0 Å². The summed E-state index contributed by atoms with van der Waals surface area (Å²) in [6, 6.07) is 10.2. The maximum Gasteiger partial charge on any atom is 0.127 e. The number of rotatable bonds is 5. The molecule has 1 aromatic carbocycles. The Hall–Kier alpha value is -2.24. The molecular formula is C20H23N3O2. The Kier molecular flexibility index (Phi) is 5.04. The van der Waals surface area contributed by atoms with Crippen LogP contribution in [0.25, 0.3) is 6.08 Å². The van der Waals surface area contributed by atoms with Crippen molar-refractivity contribution in [3.63, 3.8) is 0 Å². The number of morpholine rings is 1. The second kappa shape index (κ2) is 7.76. The Morgan fingerprint density at radius 1 is 1.20 bits per heavy atom. The zero-order valence-electron chi connectivity index (χ0n) is 14.3. The van der Waals surface area contributed by atoms with Crippen molar-refractivity contribution in [3.05, 3.63) is 59.7 Å². The molecule has 1 unspecified atom stereocenters. The summed E-state index contributed by atoms with van der Waals surface area (Å²) in [6.07, 6.45) is 7.86. The van der Waals surface area contributed by atoms with Gasteiger partial charge >= 0.3 is 0 Å². The standard InChI is InChI=1S/C20H23N3O2/c1-2-4-20-17(3-1)11-16(14-25-20)12-23-9-10-24-19(13-23)6-5-18-7-8-21-15-22-18/h1-4,7-8,11,15,19H,5-6,9-10,12-14H2. The number of hydrogen-bond donors (Lipinski definition) is 0. The Morgan fingerprint density at radius 3 is 3.08 bits per heavy atom. The van der Waals surface area contributed by atoms with Crippen LogP contribution in [0.4, 0.5) is 0 Å². The third-order valence-corrected chi connectivity index (χ3v) is 4.71. The van der Waals surface area contributed by atoms with Gasteiger partial charge in [-0.15, -0.1) is 0 Å². The lowest BCUT2D eigenvalue weighted by molar-refractivity contribution is -0.0292. The fourth-order valence-electron chi connectivity index (χ4n) is 3.42. The van der Waals surface area contributed by atoms with E-state index in [0.717, 1.165) is 50.5 Å². The lowest BCUT2D eigenvalue weighted by atomic mass is 10.1. The number of aryl methyl sites for hydroxylation is 1. The zero-order chi connectivity index (χ0) is 16.9. The maximum absolute atomic E-state index is 5.94. The van der Waals surface area contributed by atoms with E-state index in [-0.39, 0.29) is 6.10 Å². The smallest absolute Gasteiger partial charge is 0.127 e. The number of fused-ring (bicyclic) bond motifs is 1. The molecule has 0 amide bonds. The monoisotopic (exact) mass is 337 g/mol. The average molecular weight is 337 g/mol. The third-order valence-electron chi connectivity index (χ3n) is 4.71. The van der Waals surface area contributed by atoms with Gasteiger partial charge in [-0.25, -0.2) is 9.97 Å². The molecule has 2 aliphatic rings. The average Bonchev–Trinajstić information content (AvgIpc) is 2.67. The number of ether oxygens (including phenoxy) is 2. The fourth-order valence-corrected chi connectivity index (χ4v) is 3.42. The zero-order valence-corrected chi connectivity index (χ0v) is 14.3. The lowest BCUT2D eigenvalue weighted by Crippen LogP contribution is -2.43. The minimum Gasteiger partial charge on any atom is -0.489 e. The Bertz CT molecular complexity index is 733. The van der Waals surface area contributed by atoms with Crippen molar-refractivity contribution in [2.24, 2.45) is 0 Å². The van der Waals surface area contributed by atoms with E-state index in [1.807, 2.05) is 18.2 Å². The quantitative estimate of drug-likeness (QED) is 0.839. The van der Waals surface area contributed by atoms with Crippen molar-refractivity contribution in [1.29, 1.82) is 0 Å². The van der Waals surface area contributed by atoms with Crippen LogP contribution in [0.15, 0.2) is 48.4 Å². The van der Waals surface area contributed by atoms with Gasteiger partial charge in [-0.1, -0.05) is 18.2 Å². The number of hydrogen-bond acceptors (Lipinski definition) is 5. The number of benzene rings is 1. The Balaban J connectivity index is 1.32. The molecule has 1 atom stereocenters. The van der Waals surface area contributed by atoms with Crippen molar-refractivity contribution in [2.75, 3.05) is 32.8 Å². The van der Waals surface area contributed by atoms with E-state index in [4.69, 9.17) is 9.47 Å². The molecule has 0 spiro atoms. The molecule has 3 heterocycles. The van der Waals surface area contributed by atoms with Crippen LogP contribution in [0.5, 0.6) is 5.75 Å². The molecule has 4 rings (SSSR count). The van der Waals surface area contributed by atoms with Crippen molar-refractivity contribution in [2.45, 2.75) is 18.9 Å². The van der Waals surface area contributed by atoms with Crippen LogP contribution < -0.4 is 4.74 Å². The van der Waals surface area contributed by atoms with Crippen molar-refractivity contribution in [1.82, 2.24) is 14.9 Å². The predicted octanol–water partition coefficient (Wildman–Crippen LogP) is 2.59. The van der Waals surface area contributed by atoms with E-state index in [0.29, 0.717) is 6.61 Å². The normalized spacial score (nSPS) is 20.5. The number of para-hydroxylation sites is 1. The summed E-state index contributed by atoms with van der Waals surface area (Å²) in [5.74, 6) is 0.982. The molecule has 5 nitrogen and oxygen atoms in total. The first kappa shape index (κ1) is 16.2. The fraction of sp³-hybridized carbons (Fsp3) is 0.400. The largest absolute Gasteiger partial charge is 0.489 e. The van der Waals surface area contributed by atoms with E-state index >= 15 is 0 Å². The van der Waals surface area contributed by atoms with Crippen LogP contribution in [0, 0.1) is 0 Å². The van der Waals surface area contributed by atoms with Crippen LogP contribution in [0.3, 0.4) is 0 Å². The van der Waals surface area contributed by atoms with E-state index in [1.54, 1.807) is 12.5 Å². The third kappa shape index (κ3) is 4.24. The van der Waals surface area contributed by atoms with Gasteiger partial charge in [0.15, 0.2) is 0 Å². The predicted molar refractivity (Wildman–Crippen MR) is 96.4 cm³/mol. The van der Waals surface area contributed by atoms with Gasteiger partial charge in [0.2, 0.25) is 0 Å². The van der Waals surface area contributed by atoms with Gasteiger partial charge in [0.1, 0.15) is 18.7 Å². The molecular weight excluding hydrogens is 314 g/mol. The molecule has 5 heteroatoms. The first-order chi connectivity index (χ1) is 12.4. The topological polar surface area (TPSA) is 47.5 Å². The molecule has 1 fully saturated rings. The summed E-state index contributed by atoms with van der Waals surface area (Å²) in [5.41, 5.74) is 3.59. The first-order valence-electron chi connectivity index (χ1n) is 8.87. The van der Waals surface area contributed by atoms with Gasteiger partial charge in [-0.2, -0.15) is 0 Å². The highest BCUT2D eigenvalue weighted by atomic mass is 16.5. The van der Waals surface area contributed by atoms with Gasteiger partial charge in [-0.3, -0.25) is 4.90 Å². The minimum absolute atomic E-state index is 0.265. The molecule has 130 valence electrons. The minimum atomic E-state index is 0.265. The van der Waals surface area contributed by atoms with Gasteiger partial charge in [0.25, 0.3) is 0 Å². The Labute approximate surface area is 148 Å². The summed E-state index contributed by atoms with van der Waals surface area (Å²) in [5, 5.41) is 0. The SMILES string of the molecule is C1=C(CN2CCOC(CCc3ccncn3)C2)COc2ccccc21. The van der Waals surface area contributed by atoms with Crippen LogP contribution in [-0.2, 0) is 11.2 Å². The van der Waals surface area contributed by atoms with Crippen molar-refractivity contribution in [3.8, 4) is 5.75 Å². The van der Waals surface area contributed by atoms with Gasteiger partial charge in [0, 0.05) is 37.1 Å². The van der Waals surface area contributed by atoms with E-state index in [2.05, 4.69) is 33.1 Å². The molecule has 0 bridgehead atoms. The van der Waals surface area contributed by atoms with Gasteiger partial charge < -0.3 is 9.47 Å². The highest BCUT2D eigenvalue weighted by Crippen LogP contribution is 2.26. The second-order valence-electron chi connectivity index (χ2n) is 6.60. The molecule has 1 aromatic heterocycles. The summed E-state index contributed by atoms with van der Waals surface area (Å²) < 4.78 is 11.8. The molecule has 0 saturated carbocycles. The summed E-state index contributed by atoms with van der Waals surface area (Å²) >= 11 is 0. The van der Waals surface area contributed by atoms with Gasteiger partial charge in [-0.05, 0) is 36.6 Å².